The number of nitrogens with one attached hydrogen (secondary N) is 2. The molecule has 0 bridgehead atoms. The van der Waals surface area contributed by atoms with Gasteiger partial charge in [0.2, 0.25) is 10.0 Å². The summed E-state index contributed by atoms with van der Waals surface area (Å²) in [5.74, 6) is -0.282. The number of hydrogen-bond acceptors (Lipinski definition) is 3. The van der Waals surface area contributed by atoms with Gasteiger partial charge in [-0.05, 0) is 71.8 Å². The fourth-order valence-corrected chi connectivity index (χ4v) is 5.86. The molecule has 0 fully saturated rings. The van der Waals surface area contributed by atoms with Crippen LogP contribution in [0.4, 0.5) is 18.9 Å². The van der Waals surface area contributed by atoms with E-state index >= 15 is 0 Å². The molecule has 1 aliphatic rings. The standard InChI is InChI=1S/C27H27F3N2O3S/c1-2-3-14-36(34,35)32-23-15-19-10-13-22(16-20(19)17-23)31-26(33)25-7-5-4-6-24(25)18-8-11-21(12-9-18)27(28,29)30/h4-13,16,23,32H,2-3,14-15,17H2,1H3,(H,31,33). The average Bonchev–Trinajstić information content (AvgIpc) is 3.23. The Morgan fingerprint density at radius 2 is 1.67 bits per heavy atom. The van der Waals surface area contributed by atoms with Crippen LogP contribution in [0.25, 0.3) is 11.1 Å². The van der Waals surface area contributed by atoms with Gasteiger partial charge in [-0.1, -0.05) is 49.7 Å². The van der Waals surface area contributed by atoms with Crippen molar-refractivity contribution in [3.8, 4) is 11.1 Å². The number of hydrogen-bond donors (Lipinski definition) is 2. The number of carbonyl (C=O) groups is 1. The number of carbonyl (C=O) groups excluding carboxylic acids is 1. The fraction of sp³-hybridized carbons (Fsp3) is 0.296. The third-order valence-corrected chi connectivity index (χ3v) is 7.72. The maximum absolute atomic E-state index is 13.1. The first kappa shape index (κ1) is 25.9. The number of sulfonamides is 1. The lowest BCUT2D eigenvalue weighted by molar-refractivity contribution is -0.137. The molecular formula is C27H27F3N2O3S. The zero-order chi connectivity index (χ0) is 25.9. The van der Waals surface area contributed by atoms with Gasteiger partial charge < -0.3 is 5.32 Å². The van der Waals surface area contributed by atoms with E-state index in [9.17, 15) is 26.4 Å². The number of benzene rings is 3. The molecule has 1 atom stereocenters. The SMILES string of the molecule is CCCCS(=O)(=O)NC1Cc2ccc(NC(=O)c3ccccc3-c3ccc(C(F)(F)F)cc3)cc2C1. The lowest BCUT2D eigenvalue weighted by Gasteiger charge is -2.13. The molecule has 1 amide bonds. The summed E-state index contributed by atoms with van der Waals surface area (Å²) in [6, 6.07) is 16.7. The molecule has 0 aromatic heterocycles. The summed E-state index contributed by atoms with van der Waals surface area (Å²) in [4.78, 5) is 13.1. The summed E-state index contributed by atoms with van der Waals surface area (Å²) >= 11 is 0. The van der Waals surface area contributed by atoms with E-state index in [1.54, 1.807) is 30.3 Å². The zero-order valence-corrected chi connectivity index (χ0v) is 20.5. The zero-order valence-electron chi connectivity index (χ0n) is 19.7. The molecule has 1 aliphatic carbocycles. The van der Waals surface area contributed by atoms with Gasteiger partial charge >= 0.3 is 6.18 Å². The highest BCUT2D eigenvalue weighted by molar-refractivity contribution is 7.89. The highest BCUT2D eigenvalue weighted by Gasteiger charge is 2.30. The van der Waals surface area contributed by atoms with E-state index in [4.69, 9.17) is 0 Å². The van der Waals surface area contributed by atoms with Crippen LogP contribution < -0.4 is 10.0 Å². The summed E-state index contributed by atoms with van der Waals surface area (Å²) in [5, 5.41) is 2.87. The number of anilines is 1. The van der Waals surface area contributed by atoms with E-state index in [0.717, 1.165) is 29.7 Å². The minimum Gasteiger partial charge on any atom is -0.322 e. The fourth-order valence-electron chi connectivity index (χ4n) is 4.40. The molecular weight excluding hydrogens is 489 g/mol. The van der Waals surface area contributed by atoms with Gasteiger partial charge in [0, 0.05) is 17.3 Å². The lowest BCUT2D eigenvalue weighted by Crippen LogP contribution is -2.36. The predicted octanol–water partition coefficient (Wildman–Crippen LogP) is 5.81. The number of rotatable bonds is 8. The molecule has 4 rings (SSSR count). The summed E-state index contributed by atoms with van der Waals surface area (Å²) in [5.41, 5.74) is 3.16. The molecule has 36 heavy (non-hydrogen) atoms. The minimum absolute atomic E-state index is 0.107. The van der Waals surface area contributed by atoms with E-state index in [-0.39, 0.29) is 17.7 Å². The average molecular weight is 517 g/mol. The van der Waals surface area contributed by atoms with Crippen LogP contribution in [-0.2, 0) is 29.0 Å². The van der Waals surface area contributed by atoms with Crippen molar-refractivity contribution < 1.29 is 26.4 Å². The van der Waals surface area contributed by atoms with Gasteiger partial charge in [-0.25, -0.2) is 13.1 Å². The Labute approximate surface area is 208 Å². The molecule has 0 spiro atoms. The maximum atomic E-state index is 13.1. The van der Waals surface area contributed by atoms with E-state index in [0.29, 0.717) is 41.6 Å². The Kier molecular flexibility index (Phi) is 7.51. The van der Waals surface area contributed by atoms with Crippen LogP contribution in [0.1, 0.15) is 46.8 Å². The molecule has 5 nitrogen and oxygen atoms in total. The minimum atomic E-state index is -4.43. The van der Waals surface area contributed by atoms with Crippen LogP contribution in [0.3, 0.4) is 0 Å². The van der Waals surface area contributed by atoms with Crippen LogP contribution in [0.5, 0.6) is 0 Å². The van der Waals surface area contributed by atoms with Gasteiger partial charge in [0.15, 0.2) is 0 Å². The van der Waals surface area contributed by atoms with E-state index in [1.165, 1.54) is 12.1 Å². The second-order valence-electron chi connectivity index (χ2n) is 8.95. The molecule has 0 saturated carbocycles. The molecule has 190 valence electrons. The van der Waals surface area contributed by atoms with Crippen LogP contribution in [-0.4, -0.2) is 26.1 Å². The van der Waals surface area contributed by atoms with Gasteiger partial charge in [-0.2, -0.15) is 13.2 Å². The van der Waals surface area contributed by atoms with Crippen molar-refractivity contribution in [1.82, 2.24) is 4.72 Å². The molecule has 9 heteroatoms. The van der Waals surface area contributed by atoms with Gasteiger partial charge in [0.1, 0.15) is 0 Å². The largest absolute Gasteiger partial charge is 0.416 e. The number of fused-ring (bicyclic) bond motifs is 1. The third-order valence-electron chi connectivity index (χ3n) is 6.20. The van der Waals surface area contributed by atoms with Crippen molar-refractivity contribution in [2.45, 2.75) is 44.8 Å². The first-order valence-electron chi connectivity index (χ1n) is 11.8. The van der Waals surface area contributed by atoms with Crippen molar-refractivity contribution in [2.24, 2.45) is 0 Å². The van der Waals surface area contributed by atoms with Crippen LogP contribution >= 0.6 is 0 Å². The van der Waals surface area contributed by atoms with Crippen molar-refractivity contribution in [3.63, 3.8) is 0 Å². The lowest BCUT2D eigenvalue weighted by atomic mass is 9.98. The molecule has 3 aromatic carbocycles. The Morgan fingerprint density at radius 3 is 2.36 bits per heavy atom. The Hall–Kier alpha value is -3.17. The van der Waals surface area contributed by atoms with Crippen LogP contribution in [0.15, 0.2) is 66.7 Å². The highest BCUT2D eigenvalue weighted by atomic mass is 32.2. The Bertz CT molecular complexity index is 1350. The quantitative estimate of drug-likeness (QED) is 0.397. The van der Waals surface area contributed by atoms with Gasteiger partial charge in [0.05, 0.1) is 11.3 Å². The van der Waals surface area contributed by atoms with E-state index < -0.39 is 21.8 Å². The third kappa shape index (κ3) is 6.14. The van der Waals surface area contributed by atoms with Gasteiger partial charge in [0.25, 0.3) is 5.91 Å². The predicted molar refractivity (Wildman–Crippen MR) is 134 cm³/mol. The van der Waals surface area contributed by atoms with Gasteiger partial charge in [-0.15, -0.1) is 0 Å². The molecule has 2 N–H and O–H groups in total. The molecule has 1 unspecified atom stereocenters. The van der Waals surface area contributed by atoms with Gasteiger partial charge in [-0.3, -0.25) is 4.79 Å². The van der Waals surface area contributed by atoms with Crippen LogP contribution in [0.2, 0.25) is 0 Å². The first-order valence-corrected chi connectivity index (χ1v) is 13.4. The molecule has 0 heterocycles. The number of amides is 1. The first-order chi connectivity index (χ1) is 17.1. The van der Waals surface area contributed by atoms with E-state index in [1.807, 2.05) is 19.1 Å². The monoisotopic (exact) mass is 516 g/mol. The summed E-state index contributed by atoms with van der Waals surface area (Å²) in [7, 11) is -3.33. The summed E-state index contributed by atoms with van der Waals surface area (Å²) < 4.78 is 66.1. The second kappa shape index (κ2) is 10.4. The molecule has 0 aliphatic heterocycles. The summed E-state index contributed by atoms with van der Waals surface area (Å²) in [6.07, 6.45) is -1.90. The second-order valence-corrected chi connectivity index (χ2v) is 10.8. The smallest absolute Gasteiger partial charge is 0.322 e. The number of unbranched alkanes of at least 4 members (excludes halogenated alkanes) is 1. The van der Waals surface area contributed by atoms with Crippen LogP contribution in [0, 0.1) is 0 Å². The Morgan fingerprint density at radius 1 is 0.972 bits per heavy atom. The molecule has 0 saturated heterocycles. The normalized spacial score (nSPS) is 15.5. The maximum Gasteiger partial charge on any atom is 0.416 e. The Balaban J connectivity index is 1.48. The van der Waals surface area contributed by atoms with Crippen molar-refractivity contribution in [2.75, 3.05) is 11.1 Å². The number of alkyl halides is 3. The van der Waals surface area contributed by atoms with Crippen molar-refractivity contribution in [3.05, 3.63) is 89.0 Å². The highest BCUT2D eigenvalue weighted by Crippen LogP contribution is 2.32. The number of halogens is 3. The molecule has 3 aromatic rings. The summed E-state index contributed by atoms with van der Waals surface area (Å²) in [6.45, 7) is 1.94. The molecule has 0 radical (unpaired) electrons. The van der Waals surface area contributed by atoms with E-state index in [2.05, 4.69) is 10.0 Å². The van der Waals surface area contributed by atoms with Crippen molar-refractivity contribution in [1.29, 1.82) is 0 Å². The van der Waals surface area contributed by atoms with Crippen molar-refractivity contribution >= 4 is 21.6 Å². The topological polar surface area (TPSA) is 75.3 Å².